The van der Waals surface area contributed by atoms with E-state index in [0.29, 0.717) is 13.2 Å². The maximum atomic E-state index is 10.8. The smallest absolute Gasteiger partial charge is 0.332 e. The monoisotopic (exact) mass is 302 g/mol. The van der Waals surface area contributed by atoms with E-state index in [9.17, 15) is 9.59 Å². The summed E-state index contributed by atoms with van der Waals surface area (Å²) in [4.78, 5) is 21.7. The minimum atomic E-state index is -0.659. The van der Waals surface area contributed by atoms with Gasteiger partial charge in [0.1, 0.15) is 0 Å². The molecule has 0 spiro atoms. The highest BCUT2D eigenvalue weighted by molar-refractivity contribution is 5.81. The fourth-order valence-corrected chi connectivity index (χ4v) is 1.14. The van der Waals surface area contributed by atoms with Crippen LogP contribution >= 0.6 is 0 Å². The molecule has 0 rings (SSSR count). The largest absolute Gasteiger partial charge is 0.433 e. The summed E-state index contributed by atoms with van der Waals surface area (Å²) in [5.41, 5.74) is 0. The number of hydrogen-bond acceptors (Lipinski definition) is 7. The van der Waals surface area contributed by atoms with Crippen LogP contribution < -0.4 is 0 Å². The maximum Gasteiger partial charge on any atom is 0.332 e. The van der Waals surface area contributed by atoms with Crippen molar-refractivity contribution in [3.63, 3.8) is 0 Å². The van der Waals surface area contributed by atoms with Gasteiger partial charge in [0.2, 0.25) is 12.6 Å². The molecule has 0 saturated heterocycles. The molecule has 0 aliphatic carbocycles. The predicted octanol–water partition coefficient (Wildman–Crippen LogP) is 1.19. The summed E-state index contributed by atoms with van der Waals surface area (Å²) >= 11 is 0. The van der Waals surface area contributed by atoms with Crippen molar-refractivity contribution in [1.82, 2.24) is 0 Å². The molecule has 0 radical (unpaired) electrons. The molecule has 0 saturated carbocycles. The van der Waals surface area contributed by atoms with E-state index >= 15 is 0 Å². The zero-order chi connectivity index (χ0) is 16.1. The summed E-state index contributed by atoms with van der Waals surface area (Å²) in [6.45, 7) is 10.9. The molecule has 7 nitrogen and oxygen atoms in total. The molecule has 2 unspecified atom stereocenters. The summed E-state index contributed by atoms with van der Waals surface area (Å²) in [6.07, 6.45) is 0.810. The van der Waals surface area contributed by atoms with Crippen molar-refractivity contribution in [3.8, 4) is 0 Å². The number of ether oxygens (including phenoxy) is 5. The first-order valence-corrected chi connectivity index (χ1v) is 6.46. The van der Waals surface area contributed by atoms with E-state index < -0.39 is 24.5 Å². The van der Waals surface area contributed by atoms with Crippen molar-refractivity contribution in [2.24, 2.45) is 0 Å². The third kappa shape index (κ3) is 11.8. The van der Waals surface area contributed by atoms with E-state index in [1.165, 1.54) is 0 Å². The fraction of sp³-hybridized carbons (Fsp3) is 0.571. The van der Waals surface area contributed by atoms with Crippen LogP contribution in [0, 0.1) is 0 Å². The minimum absolute atomic E-state index is 0.270. The van der Waals surface area contributed by atoms with E-state index in [1.807, 2.05) is 0 Å². The van der Waals surface area contributed by atoms with Gasteiger partial charge in [-0.25, -0.2) is 9.59 Å². The van der Waals surface area contributed by atoms with Crippen LogP contribution in [-0.2, 0) is 33.3 Å². The molecule has 0 heterocycles. The average molecular weight is 302 g/mol. The molecular formula is C14H22O7. The number of carbonyl (C=O) groups excluding carboxylic acids is 2. The van der Waals surface area contributed by atoms with Crippen molar-refractivity contribution in [2.45, 2.75) is 26.4 Å². The van der Waals surface area contributed by atoms with Crippen LogP contribution in [0.2, 0.25) is 0 Å². The first-order valence-electron chi connectivity index (χ1n) is 6.46. The Morgan fingerprint density at radius 2 is 1.24 bits per heavy atom. The Hall–Kier alpha value is -1.70. The highest BCUT2D eigenvalue weighted by atomic mass is 16.7. The number of rotatable bonds is 12. The van der Waals surface area contributed by atoms with Crippen LogP contribution in [0.1, 0.15) is 13.8 Å². The molecule has 120 valence electrons. The lowest BCUT2D eigenvalue weighted by molar-refractivity contribution is -0.174. The Bertz CT molecular complexity index is 308. The third-order valence-electron chi connectivity index (χ3n) is 2.06. The van der Waals surface area contributed by atoms with Crippen LogP contribution in [0.5, 0.6) is 0 Å². The zero-order valence-corrected chi connectivity index (χ0v) is 12.4. The third-order valence-corrected chi connectivity index (χ3v) is 2.06. The van der Waals surface area contributed by atoms with Crippen LogP contribution in [0.3, 0.4) is 0 Å². The van der Waals surface area contributed by atoms with Gasteiger partial charge in [-0.1, -0.05) is 13.2 Å². The van der Waals surface area contributed by atoms with Crippen molar-refractivity contribution in [1.29, 1.82) is 0 Å². The SMILES string of the molecule is C=CC(=O)OC(C)OCCOCCOC(C)OC(=O)C=C. The average Bonchev–Trinajstić information content (AvgIpc) is 2.45. The standard InChI is InChI=1S/C14H22O7/c1-5-13(15)20-11(3)18-9-7-17-8-10-19-12(4)21-14(16)6-2/h5-6,11-12H,1-2,7-10H2,3-4H3. The molecule has 0 bridgehead atoms. The van der Waals surface area contributed by atoms with Gasteiger partial charge in [-0.3, -0.25) is 0 Å². The molecule has 7 heteroatoms. The molecule has 21 heavy (non-hydrogen) atoms. The van der Waals surface area contributed by atoms with Crippen LogP contribution in [0.4, 0.5) is 0 Å². The van der Waals surface area contributed by atoms with Gasteiger partial charge in [-0.2, -0.15) is 0 Å². The summed E-state index contributed by atoms with van der Waals surface area (Å²) < 4.78 is 25.2. The molecule has 0 aliphatic heterocycles. The quantitative estimate of drug-likeness (QED) is 0.232. The second-order valence-corrected chi connectivity index (χ2v) is 3.77. The van der Waals surface area contributed by atoms with E-state index in [-0.39, 0.29) is 13.2 Å². The second kappa shape index (κ2) is 12.1. The topological polar surface area (TPSA) is 80.3 Å². The highest BCUT2D eigenvalue weighted by Crippen LogP contribution is 1.96. The molecule has 0 N–H and O–H groups in total. The summed E-state index contributed by atoms with van der Waals surface area (Å²) in [5.74, 6) is -1.08. The Morgan fingerprint density at radius 1 is 0.857 bits per heavy atom. The summed E-state index contributed by atoms with van der Waals surface area (Å²) in [7, 11) is 0. The van der Waals surface area contributed by atoms with Crippen LogP contribution in [0.25, 0.3) is 0 Å². The van der Waals surface area contributed by atoms with Gasteiger partial charge in [0.05, 0.1) is 26.4 Å². The molecule has 0 aliphatic rings. The lowest BCUT2D eigenvalue weighted by atomic mass is 10.6. The molecule has 0 amide bonds. The summed E-state index contributed by atoms with van der Waals surface area (Å²) in [6, 6.07) is 0. The van der Waals surface area contributed by atoms with Gasteiger partial charge in [0.15, 0.2) is 0 Å². The highest BCUT2D eigenvalue weighted by Gasteiger charge is 2.07. The van der Waals surface area contributed by atoms with Gasteiger partial charge in [0.25, 0.3) is 0 Å². The van der Waals surface area contributed by atoms with E-state index in [1.54, 1.807) is 13.8 Å². The van der Waals surface area contributed by atoms with Gasteiger partial charge in [-0.15, -0.1) is 0 Å². The Balaban J connectivity index is 3.44. The van der Waals surface area contributed by atoms with Crippen LogP contribution in [-0.4, -0.2) is 50.9 Å². The van der Waals surface area contributed by atoms with E-state index in [4.69, 9.17) is 23.7 Å². The molecule has 0 aromatic heterocycles. The van der Waals surface area contributed by atoms with Crippen molar-refractivity contribution < 1.29 is 33.3 Å². The van der Waals surface area contributed by atoms with Gasteiger partial charge < -0.3 is 23.7 Å². The zero-order valence-electron chi connectivity index (χ0n) is 12.4. The van der Waals surface area contributed by atoms with Crippen molar-refractivity contribution in [3.05, 3.63) is 25.3 Å². The lowest BCUT2D eigenvalue weighted by Gasteiger charge is -2.14. The van der Waals surface area contributed by atoms with Gasteiger partial charge in [0, 0.05) is 12.2 Å². The molecule has 2 atom stereocenters. The van der Waals surface area contributed by atoms with Crippen LogP contribution in [0.15, 0.2) is 25.3 Å². The fourth-order valence-electron chi connectivity index (χ4n) is 1.14. The Labute approximate surface area is 124 Å². The minimum Gasteiger partial charge on any atom is -0.433 e. The number of hydrogen-bond donors (Lipinski definition) is 0. The van der Waals surface area contributed by atoms with E-state index in [2.05, 4.69) is 13.2 Å². The normalized spacial score (nSPS) is 13.0. The summed E-state index contributed by atoms with van der Waals surface area (Å²) in [5, 5.41) is 0. The van der Waals surface area contributed by atoms with Gasteiger partial charge >= 0.3 is 11.9 Å². The molecule has 0 aromatic carbocycles. The van der Waals surface area contributed by atoms with E-state index in [0.717, 1.165) is 12.2 Å². The molecular weight excluding hydrogens is 280 g/mol. The first-order chi connectivity index (χ1) is 9.99. The van der Waals surface area contributed by atoms with Gasteiger partial charge in [-0.05, 0) is 13.8 Å². The first kappa shape index (κ1) is 19.3. The molecule has 0 aromatic rings. The molecule has 0 fully saturated rings. The Morgan fingerprint density at radius 3 is 1.57 bits per heavy atom. The number of carbonyl (C=O) groups is 2. The van der Waals surface area contributed by atoms with Crippen molar-refractivity contribution in [2.75, 3.05) is 26.4 Å². The Kier molecular flexibility index (Phi) is 11.1. The maximum absolute atomic E-state index is 10.8. The van der Waals surface area contributed by atoms with Crippen molar-refractivity contribution >= 4 is 11.9 Å². The second-order valence-electron chi connectivity index (χ2n) is 3.77. The number of esters is 2. The predicted molar refractivity (Wildman–Crippen MR) is 74.2 cm³/mol. The lowest BCUT2D eigenvalue weighted by Crippen LogP contribution is -2.21.